The van der Waals surface area contributed by atoms with Gasteiger partial charge in [-0.2, -0.15) is 0 Å². The highest BCUT2D eigenvalue weighted by Crippen LogP contribution is 2.30. The van der Waals surface area contributed by atoms with Crippen molar-refractivity contribution in [3.63, 3.8) is 0 Å². The molecule has 0 bridgehead atoms. The molecule has 1 rings (SSSR count). The fourth-order valence-electron chi connectivity index (χ4n) is 1.93. The lowest BCUT2D eigenvalue weighted by Gasteiger charge is -2.39. The normalized spacial score (nSPS) is 17.0. The van der Waals surface area contributed by atoms with Crippen molar-refractivity contribution in [2.75, 3.05) is 6.54 Å². The number of aliphatic carboxylic acids is 1. The van der Waals surface area contributed by atoms with Crippen LogP contribution < -0.4 is 10.6 Å². The highest BCUT2D eigenvalue weighted by Gasteiger charge is 2.32. The van der Waals surface area contributed by atoms with Gasteiger partial charge in [0, 0.05) is 18.5 Å². The van der Waals surface area contributed by atoms with Gasteiger partial charge < -0.3 is 15.7 Å². The summed E-state index contributed by atoms with van der Waals surface area (Å²) in [5, 5.41) is 14.2. The summed E-state index contributed by atoms with van der Waals surface area (Å²) in [4.78, 5) is 21.7. The van der Waals surface area contributed by atoms with Gasteiger partial charge >= 0.3 is 12.0 Å². The Kier molecular flexibility index (Phi) is 5.25. The molecule has 0 unspecified atom stereocenters. The number of carbonyl (C=O) groups excluding carboxylic acids is 1. The summed E-state index contributed by atoms with van der Waals surface area (Å²) >= 11 is 0. The summed E-state index contributed by atoms with van der Waals surface area (Å²) in [5.41, 5.74) is -0.00656. The standard InChI is InChI=1S/C12H22N2O3/c1-12(7-5-8-12)14-11(17)13-9-4-2-3-6-10(15)16/h2-9H2,1H3,(H,15,16)(H2,13,14,17). The first-order chi connectivity index (χ1) is 8.02. The van der Waals surface area contributed by atoms with E-state index < -0.39 is 5.97 Å². The van der Waals surface area contributed by atoms with E-state index in [2.05, 4.69) is 17.6 Å². The van der Waals surface area contributed by atoms with Crippen molar-refractivity contribution >= 4 is 12.0 Å². The summed E-state index contributed by atoms with van der Waals surface area (Å²) in [7, 11) is 0. The smallest absolute Gasteiger partial charge is 0.315 e. The molecule has 5 nitrogen and oxygen atoms in total. The van der Waals surface area contributed by atoms with Gasteiger partial charge in [-0.3, -0.25) is 4.79 Å². The Hall–Kier alpha value is -1.26. The van der Waals surface area contributed by atoms with Crippen molar-refractivity contribution in [3.05, 3.63) is 0 Å². The van der Waals surface area contributed by atoms with Crippen LogP contribution in [-0.2, 0) is 4.79 Å². The van der Waals surface area contributed by atoms with Gasteiger partial charge in [-0.05, 0) is 39.0 Å². The molecule has 0 aromatic rings. The van der Waals surface area contributed by atoms with E-state index in [0.29, 0.717) is 13.0 Å². The summed E-state index contributed by atoms with van der Waals surface area (Å²) in [6.45, 7) is 2.67. The summed E-state index contributed by atoms with van der Waals surface area (Å²) in [5.74, 6) is -0.756. The Morgan fingerprint density at radius 3 is 2.47 bits per heavy atom. The molecule has 1 saturated carbocycles. The number of unbranched alkanes of at least 4 members (excludes halogenated alkanes) is 2. The number of hydrogen-bond acceptors (Lipinski definition) is 2. The molecule has 0 spiro atoms. The maximum absolute atomic E-state index is 11.5. The second-order valence-corrected chi connectivity index (χ2v) is 5.00. The first-order valence-corrected chi connectivity index (χ1v) is 6.30. The molecule has 1 aliphatic rings. The topological polar surface area (TPSA) is 78.4 Å². The van der Waals surface area contributed by atoms with Gasteiger partial charge in [0.2, 0.25) is 0 Å². The molecule has 1 fully saturated rings. The van der Waals surface area contributed by atoms with Crippen molar-refractivity contribution in [1.29, 1.82) is 0 Å². The monoisotopic (exact) mass is 242 g/mol. The van der Waals surface area contributed by atoms with Crippen molar-refractivity contribution in [3.8, 4) is 0 Å². The molecule has 0 aromatic heterocycles. The van der Waals surface area contributed by atoms with E-state index in [9.17, 15) is 9.59 Å². The molecule has 98 valence electrons. The third-order valence-electron chi connectivity index (χ3n) is 3.23. The number of nitrogens with one attached hydrogen (secondary N) is 2. The zero-order valence-corrected chi connectivity index (χ0v) is 10.4. The van der Waals surface area contributed by atoms with Crippen molar-refractivity contribution in [1.82, 2.24) is 10.6 Å². The van der Waals surface area contributed by atoms with Gasteiger partial charge in [-0.1, -0.05) is 6.42 Å². The van der Waals surface area contributed by atoms with Crippen LogP contribution in [-0.4, -0.2) is 29.2 Å². The highest BCUT2D eigenvalue weighted by atomic mass is 16.4. The minimum Gasteiger partial charge on any atom is -0.481 e. The second kappa shape index (κ2) is 6.47. The molecule has 17 heavy (non-hydrogen) atoms. The maximum atomic E-state index is 11.5. The first kappa shape index (κ1) is 13.8. The van der Waals surface area contributed by atoms with Crippen LogP contribution in [0.1, 0.15) is 51.9 Å². The van der Waals surface area contributed by atoms with Crippen LogP contribution in [0.15, 0.2) is 0 Å². The van der Waals surface area contributed by atoms with Gasteiger partial charge in [0.1, 0.15) is 0 Å². The Morgan fingerprint density at radius 1 is 1.24 bits per heavy atom. The molecule has 5 heteroatoms. The molecule has 0 atom stereocenters. The molecule has 3 N–H and O–H groups in total. The van der Waals surface area contributed by atoms with Crippen LogP contribution in [0.25, 0.3) is 0 Å². The first-order valence-electron chi connectivity index (χ1n) is 6.30. The van der Waals surface area contributed by atoms with E-state index in [1.165, 1.54) is 6.42 Å². The molecular formula is C12H22N2O3. The van der Waals surface area contributed by atoms with Gasteiger partial charge in [0.15, 0.2) is 0 Å². The molecule has 0 aliphatic heterocycles. The van der Waals surface area contributed by atoms with E-state index in [-0.39, 0.29) is 18.0 Å². The molecule has 0 radical (unpaired) electrons. The average Bonchev–Trinajstić information content (AvgIpc) is 2.20. The minimum atomic E-state index is -0.756. The van der Waals surface area contributed by atoms with Gasteiger partial charge in [0.05, 0.1) is 0 Å². The fraction of sp³-hybridized carbons (Fsp3) is 0.833. The number of urea groups is 1. The number of carboxylic acid groups (broad SMARTS) is 1. The number of carbonyl (C=O) groups is 2. The van der Waals surface area contributed by atoms with Crippen LogP contribution in [0, 0.1) is 0 Å². The predicted octanol–water partition coefficient (Wildman–Crippen LogP) is 1.87. The van der Waals surface area contributed by atoms with Gasteiger partial charge in [0.25, 0.3) is 0 Å². The highest BCUT2D eigenvalue weighted by molar-refractivity contribution is 5.74. The van der Waals surface area contributed by atoms with Crippen molar-refractivity contribution in [2.24, 2.45) is 0 Å². The van der Waals surface area contributed by atoms with Gasteiger partial charge in [-0.25, -0.2) is 4.79 Å². The number of amides is 2. The van der Waals surface area contributed by atoms with E-state index >= 15 is 0 Å². The molecule has 1 aliphatic carbocycles. The van der Waals surface area contributed by atoms with E-state index in [1.54, 1.807) is 0 Å². The lowest BCUT2D eigenvalue weighted by Crippen LogP contribution is -2.54. The van der Waals surface area contributed by atoms with Crippen LogP contribution in [0.5, 0.6) is 0 Å². The van der Waals surface area contributed by atoms with Crippen LogP contribution in [0.3, 0.4) is 0 Å². The van der Waals surface area contributed by atoms with Gasteiger partial charge in [-0.15, -0.1) is 0 Å². The summed E-state index contributed by atoms with van der Waals surface area (Å²) in [6.07, 6.45) is 5.85. The summed E-state index contributed by atoms with van der Waals surface area (Å²) in [6, 6.07) is -0.106. The molecular weight excluding hydrogens is 220 g/mol. The van der Waals surface area contributed by atoms with E-state index in [0.717, 1.165) is 25.7 Å². The maximum Gasteiger partial charge on any atom is 0.315 e. The third kappa shape index (κ3) is 5.56. The van der Waals surface area contributed by atoms with Crippen molar-refractivity contribution in [2.45, 2.75) is 57.4 Å². The van der Waals surface area contributed by atoms with Crippen LogP contribution >= 0.6 is 0 Å². The van der Waals surface area contributed by atoms with E-state index in [1.807, 2.05) is 0 Å². The quantitative estimate of drug-likeness (QED) is 0.596. The molecule has 0 aromatic carbocycles. The number of hydrogen-bond donors (Lipinski definition) is 3. The third-order valence-corrected chi connectivity index (χ3v) is 3.23. The van der Waals surface area contributed by atoms with Crippen molar-refractivity contribution < 1.29 is 14.7 Å². The molecule has 2 amide bonds. The second-order valence-electron chi connectivity index (χ2n) is 5.00. The predicted molar refractivity (Wildman–Crippen MR) is 64.9 cm³/mol. The fourth-order valence-corrected chi connectivity index (χ4v) is 1.93. The average molecular weight is 242 g/mol. The lowest BCUT2D eigenvalue weighted by atomic mass is 9.79. The zero-order chi connectivity index (χ0) is 12.7. The molecule has 0 saturated heterocycles. The Morgan fingerprint density at radius 2 is 1.94 bits per heavy atom. The SMILES string of the molecule is CC1(NC(=O)NCCCCCC(=O)O)CCC1. The van der Waals surface area contributed by atoms with Crippen LogP contribution in [0.2, 0.25) is 0 Å². The molecule has 0 heterocycles. The minimum absolute atomic E-state index is 0.00656. The zero-order valence-electron chi connectivity index (χ0n) is 10.4. The number of rotatable bonds is 7. The Labute approximate surface area is 102 Å². The van der Waals surface area contributed by atoms with Crippen LogP contribution in [0.4, 0.5) is 4.79 Å². The number of carboxylic acids is 1. The Bertz CT molecular complexity index is 275. The summed E-state index contributed by atoms with van der Waals surface area (Å²) < 4.78 is 0. The van der Waals surface area contributed by atoms with E-state index in [4.69, 9.17) is 5.11 Å². The lowest BCUT2D eigenvalue weighted by molar-refractivity contribution is -0.137. The largest absolute Gasteiger partial charge is 0.481 e. The Balaban J connectivity index is 1.95.